The molecule has 1 amide bonds. The van der Waals surface area contributed by atoms with E-state index in [1.54, 1.807) is 19.1 Å². The molecule has 0 saturated carbocycles. The summed E-state index contributed by atoms with van der Waals surface area (Å²) in [4.78, 5) is 24.3. The van der Waals surface area contributed by atoms with Crippen molar-refractivity contribution in [2.24, 2.45) is 5.92 Å². The lowest BCUT2D eigenvalue weighted by Crippen LogP contribution is -2.42. The van der Waals surface area contributed by atoms with Crippen molar-refractivity contribution in [2.75, 3.05) is 6.54 Å². The van der Waals surface area contributed by atoms with Crippen LogP contribution in [0.5, 0.6) is 0 Å². The Morgan fingerprint density at radius 1 is 1.53 bits per heavy atom. The highest BCUT2D eigenvalue weighted by atomic mass is 19.1. The van der Waals surface area contributed by atoms with Crippen LogP contribution >= 0.6 is 0 Å². The first-order valence-corrected chi connectivity index (χ1v) is 6.23. The van der Waals surface area contributed by atoms with Gasteiger partial charge in [-0.3, -0.25) is 9.59 Å². The number of carbonyl (C=O) groups excluding carboxylic acids is 1. The molecule has 1 unspecified atom stereocenters. The molecule has 5 heteroatoms. The largest absolute Gasteiger partial charge is 0.481 e. The van der Waals surface area contributed by atoms with Gasteiger partial charge in [-0.25, -0.2) is 4.39 Å². The summed E-state index contributed by atoms with van der Waals surface area (Å²) in [5.74, 6) is -1.69. The van der Waals surface area contributed by atoms with E-state index in [0.717, 1.165) is 5.56 Å². The van der Waals surface area contributed by atoms with Crippen molar-refractivity contribution in [1.82, 2.24) is 4.90 Å². The molecule has 0 aliphatic carbocycles. The number of hydrogen-bond acceptors (Lipinski definition) is 2. The summed E-state index contributed by atoms with van der Waals surface area (Å²) in [6.45, 7) is 2.23. The highest BCUT2D eigenvalue weighted by Gasteiger charge is 2.29. The van der Waals surface area contributed by atoms with Gasteiger partial charge in [-0.1, -0.05) is 12.1 Å². The van der Waals surface area contributed by atoms with Crippen LogP contribution < -0.4 is 0 Å². The van der Waals surface area contributed by atoms with Gasteiger partial charge in [0.2, 0.25) is 5.91 Å². The zero-order valence-electron chi connectivity index (χ0n) is 10.7. The van der Waals surface area contributed by atoms with Gasteiger partial charge in [0.05, 0.1) is 5.92 Å². The number of aryl methyl sites for hydroxylation is 1. The molecule has 1 aromatic rings. The number of rotatable bonds is 3. The summed E-state index contributed by atoms with van der Waals surface area (Å²) in [6.07, 6.45) is 0.657. The Kier molecular flexibility index (Phi) is 3.83. The molecule has 0 aromatic heterocycles. The van der Waals surface area contributed by atoms with Crippen LogP contribution in [0.25, 0.3) is 0 Å². The van der Waals surface area contributed by atoms with Crippen LogP contribution in [-0.2, 0) is 16.1 Å². The molecule has 1 fully saturated rings. The second kappa shape index (κ2) is 5.38. The van der Waals surface area contributed by atoms with Crippen LogP contribution in [0.1, 0.15) is 24.0 Å². The number of piperidine rings is 1. The molecule has 1 aliphatic rings. The highest BCUT2D eigenvalue weighted by Crippen LogP contribution is 2.20. The van der Waals surface area contributed by atoms with Crippen molar-refractivity contribution in [3.05, 3.63) is 35.1 Å². The topological polar surface area (TPSA) is 57.6 Å². The zero-order valence-corrected chi connectivity index (χ0v) is 10.7. The number of amides is 1. The number of carboxylic acids is 1. The Morgan fingerprint density at radius 2 is 2.26 bits per heavy atom. The van der Waals surface area contributed by atoms with E-state index in [4.69, 9.17) is 5.11 Å². The summed E-state index contributed by atoms with van der Waals surface area (Å²) in [5.41, 5.74) is 1.34. The SMILES string of the molecule is Cc1cc(CN2CC(C(=O)O)CCC2=O)ccc1F. The molecular formula is C14H16FNO3. The minimum absolute atomic E-state index is 0.0421. The van der Waals surface area contributed by atoms with Crippen molar-refractivity contribution in [2.45, 2.75) is 26.3 Å². The summed E-state index contributed by atoms with van der Waals surface area (Å²) >= 11 is 0. The molecule has 19 heavy (non-hydrogen) atoms. The Hall–Kier alpha value is -1.91. The molecular weight excluding hydrogens is 249 g/mol. The van der Waals surface area contributed by atoms with Gasteiger partial charge in [0.15, 0.2) is 0 Å². The number of carbonyl (C=O) groups is 2. The summed E-state index contributed by atoms with van der Waals surface area (Å²) in [7, 11) is 0. The molecule has 1 aromatic carbocycles. The van der Waals surface area contributed by atoms with Crippen LogP contribution in [0.15, 0.2) is 18.2 Å². The quantitative estimate of drug-likeness (QED) is 0.908. The van der Waals surface area contributed by atoms with Crippen LogP contribution in [0, 0.1) is 18.7 Å². The van der Waals surface area contributed by atoms with Gasteiger partial charge in [0.25, 0.3) is 0 Å². The van der Waals surface area contributed by atoms with E-state index in [0.29, 0.717) is 18.5 Å². The normalized spacial score (nSPS) is 19.6. The number of nitrogens with zero attached hydrogens (tertiary/aromatic N) is 1. The zero-order chi connectivity index (χ0) is 14.0. The fourth-order valence-electron chi connectivity index (χ4n) is 2.29. The lowest BCUT2D eigenvalue weighted by atomic mass is 9.97. The van der Waals surface area contributed by atoms with Gasteiger partial charge in [-0.2, -0.15) is 0 Å². The molecule has 1 aliphatic heterocycles. The van der Waals surface area contributed by atoms with Gasteiger partial charge < -0.3 is 10.0 Å². The average Bonchev–Trinajstić information content (AvgIpc) is 2.36. The van der Waals surface area contributed by atoms with E-state index in [1.807, 2.05) is 0 Å². The van der Waals surface area contributed by atoms with Gasteiger partial charge in [-0.05, 0) is 30.5 Å². The van der Waals surface area contributed by atoms with E-state index in [1.165, 1.54) is 11.0 Å². The number of carboxylic acid groups (broad SMARTS) is 1. The van der Waals surface area contributed by atoms with E-state index in [-0.39, 0.29) is 24.7 Å². The van der Waals surface area contributed by atoms with Crippen LogP contribution in [0.2, 0.25) is 0 Å². The smallest absolute Gasteiger partial charge is 0.308 e. The second-order valence-corrected chi connectivity index (χ2v) is 4.93. The molecule has 2 rings (SSSR count). The summed E-state index contributed by atoms with van der Waals surface area (Å²) < 4.78 is 13.2. The first-order chi connectivity index (χ1) is 8.97. The van der Waals surface area contributed by atoms with Gasteiger partial charge in [0, 0.05) is 19.5 Å². The van der Waals surface area contributed by atoms with Crippen molar-refractivity contribution in [1.29, 1.82) is 0 Å². The van der Waals surface area contributed by atoms with Crippen molar-refractivity contribution >= 4 is 11.9 Å². The fourth-order valence-corrected chi connectivity index (χ4v) is 2.29. The third-order valence-electron chi connectivity index (χ3n) is 3.45. The fraction of sp³-hybridized carbons (Fsp3) is 0.429. The molecule has 0 bridgehead atoms. The molecule has 1 atom stereocenters. The Bertz CT molecular complexity index is 515. The molecule has 102 valence electrons. The Balaban J connectivity index is 2.09. The van der Waals surface area contributed by atoms with E-state index < -0.39 is 11.9 Å². The molecule has 1 saturated heterocycles. The standard InChI is InChI=1S/C14H16FNO3/c1-9-6-10(2-4-12(9)15)7-16-8-11(14(18)19)3-5-13(16)17/h2,4,6,11H,3,5,7-8H2,1H3,(H,18,19). The van der Waals surface area contributed by atoms with Crippen molar-refractivity contribution in [3.8, 4) is 0 Å². The lowest BCUT2D eigenvalue weighted by molar-refractivity contribution is -0.147. The lowest BCUT2D eigenvalue weighted by Gasteiger charge is -2.30. The van der Waals surface area contributed by atoms with Crippen LogP contribution in [0.3, 0.4) is 0 Å². The third-order valence-corrected chi connectivity index (χ3v) is 3.45. The monoisotopic (exact) mass is 265 g/mol. The van der Waals surface area contributed by atoms with E-state index >= 15 is 0 Å². The minimum atomic E-state index is -0.868. The first-order valence-electron chi connectivity index (χ1n) is 6.23. The molecule has 0 radical (unpaired) electrons. The minimum Gasteiger partial charge on any atom is -0.481 e. The summed E-state index contributed by atoms with van der Waals surface area (Å²) in [5, 5.41) is 9.00. The maximum atomic E-state index is 13.2. The predicted octanol–water partition coefficient (Wildman–Crippen LogP) is 1.96. The average molecular weight is 265 g/mol. The first kappa shape index (κ1) is 13.5. The Labute approximate surface area is 110 Å². The number of halogens is 1. The number of aliphatic carboxylic acids is 1. The maximum Gasteiger partial charge on any atom is 0.308 e. The van der Waals surface area contributed by atoms with Crippen molar-refractivity contribution in [3.63, 3.8) is 0 Å². The van der Waals surface area contributed by atoms with Crippen LogP contribution in [-0.4, -0.2) is 28.4 Å². The highest BCUT2D eigenvalue weighted by molar-refractivity contribution is 5.80. The number of hydrogen-bond donors (Lipinski definition) is 1. The van der Waals surface area contributed by atoms with Gasteiger partial charge in [0.1, 0.15) is 5.82 Å². The van der Waals surface area contributed by atoms with Crippen molar-refractivity contribution < 1.29 is 19.1 Å². The van der Waals surface area contributed by atoms with E-state index in [9.17, 15) is 14.0 Å². The summed E-state index contributed by atoms with van der Waals surface area (Å²) in [6, 6.07) is 4.68. The predicted molar refractivity (Wildman–Crippen MR) is 66.9 cm³/mol. The molecule has 1 heterocycles. The second-order valence-electron chi connectivity index (χ2n) is 4.93. The van der Waals surface area contributed by atoms with E-state index in [2.05, 4.69) is 0 Å². The number of benzene rings is 1. The van der Waals surface area contributed by atoms with Gasteiger partial charge >= 0.3 is 5.97 Å². The third kappa shape index (κ3) is 3.10. The molecule has 1 N–H and O–H groups in total. The van der Waals surface area contributed by atoms with Crippen LogP contribution in [0.4, 0.5) is 4.39 Å². The number of likely N-dealkylation sites (tertiary alicyclic amines) is 1. The Morgan fingerprint density at radius 3 is 2.89 bits per heavy atom. The molecule has 0 spiro atoms. The maximum absolute atomic E-state index is 13.2. The van der Waals surface area contributed by atoms with Gasteiger partial charge in [-0.15, -0.1) is 0 Å². The molecule has 4 nitrogen and oxygen atoms in total.